The highest BCUT2D eigenvalue weighted by atomic mass is 28.3. The first kappa shape index (κ1) is 15.3. The van der Waals surface area contributed by atoms with Gasteiger partial charge in [-0.15, -0.1) is 0 Å². The van der Waals surface area contributed by atoms with Gasteiger partial charge in [0.2, 0.25) is 0 Å². The van der Waals surface area contributed by atoms with Gasteiger partial charge >= 0.3 is 0 Å². The second-order valence-corrected chi connectivity index (χ2v) is 12.4. The normalized spacial score (nSPS) is 22.8. The van der Waals surface area contributed by atoms with Crippen LogP contribution in [0.1, 0.15) is 18.0 Å². The fraction of sp³-hybridized carbons (Fsp3) is 0.529. The highest BCUT2D eigenvalue weighted by molar-refractivity contribution is 6.76. The van der Waals surface area contributed by atoms with Crippen LogP contribution >= 0.6 is 0 Å². The summed E-state index contributed by atoms with van der Waals surface area (Å²) in [6.45, 7) is 12.7. The van der Waals surface area contributed by atoms with Crippen LogP contribution in [0.3, 0.4) is 0 Å². The van der Waals surface area contributed by atoms with Gasteiger partial charge in [0.1, 0.15) is 5.75 Å². The van der Waals surface area contributed by atoms with Crippen molar-refractivity contribution in [3.8, 4) is 5.75 Å². The summed E-state index contributed by atoms with van der Waals surface area (Å²) in [5.74, 6) is 1.52. The van der Waals surface area contributed by atoms with E-state index in [-0.39, 0.29) is 0 Å². The molecule has 0 saturated carbocycles. The average Bonchev–Trinajstić information content (AvgIpc) is 2.85. The molecule has 110 valence electrons. The van der Waals surface area contributed by atoms with Crippen molar-refractivity contribution in [1.29, 1.82) is 0 Å². The number of ether oxygens (including phenoxy) is 1. The van der Waals surface area contributed by atoms with Gasteiger partial charge < -0.3 is 10.1 Å². The lowest BCUT2D eigenvalue weighted by molar-refractivity contribution is 0.396. The molecule has 1 aromatic carbocycles. The van der Waals surface area contributed by atoms with E-state index in [4.69, 9.17) is 4.74 Å². The first-order valence-electron chi connectivity index (χ1n) is 7.46. The largest absolute Gasteiger partial charge is 0.496 e. The summed E-state index contributed by atoms with van der Waals surface area (Å²) in [6.07, 6.45) is 1.19. The Kier molecular flexibility index (Phi) is 4.71. The third-order valence-electron chi connectivity index (χ3n) is 3.98. The number of hydrogen-bond acceptors (Lipinski definition) is 2. The van der Waals surface area contributed by atoms with Crippen molar-refractivity contribution in [1.82, 2.24) is 5.32 Å². The van der Waals surface area contributed by atoms with Crippen LogP contribution in [-0.4, -0.2) is 21.7 Å². The molecule has 1 saturated heterocycles. The lowest BCUT2D eigenvalue weighted by Crippen LogP contribution is -2.25. The zero-order valence-electron chi connectivity index (χ0n) is 13.2. The van der Waals surface area contributed by atoms with Gasteiger partial charge in [-0.1, -0.05) is 50.0 Å². The Morgan fingerprint density at radius 1 is 1.35 bits per heavy atom. The maximum atomic E-state index is 5.53. The molecule has 1 aliphatic heterocycles. The van der Waals surface area contributed by atoms with Crippen molar-refractivity contribution in [2.24, 2.45) is 5.92 Å². The van der Waals surface area contributed by atoms with Gasteiger partial charge in [-0.2, -0.15) is 0 Å². The van der Waals surface area contributed by atoms with Gasteiger partial charge in [0, 0.05) is 25.6 Å². The summed E-state index contributed by atoms with van der Waals surface area (Å²) in [6, 6.07) is 9.92. The maximum Gasteiger partial charge on any atom is 0.123 e. The third kappa shape index (κ3) is 3.52. The maximum absolute atomic E-state index is 5.53. The molecular weight excluding hydrogens is 262 g/mol. The van der Waals surface area contributed by atoms with Crippen molar-refractivity contribution >= 4 is 8.07 Å². The number of para-hydroxylation sites is 1. The Morgan fingerprint density at radius 3 is 2.70 bits per heavy atom. The number of benzene rings is 1. The molecule has 0 aromatic heterocycles. The molecule has 3 heteroatoms. The topological polar surface area (TPSA) is 21.3 Å². The van der Waals surface area contributed by atoms with Crippen LogP contribution in [-0.2, 0) is 0 Å². The van der Waals surface area contributed by atoms with E-state index in [1.807, 2.05) is 12.1 Å². The van der Waals surface area contributed by atoms with E-state index in [1.54, 1.807) is 7.11 Å². The smallest absolute Gasteiger partial charge is 0.123 e. The molecule has 0 bridgehead atoms. The average molecular weight is 289 g/mol. The van der Waals surface area contributed by atoms with Crippen LogP contribution in [0.2, 0.25) is 25.7 Å². The lowest BCUT2D eigenvalue weighted by Gasteiger charge is -2.27. The van der Waals surface area contributed by atoms with E-state index in [2.05, 4.69) is 43.7 Å². The molecule has 20 heavy (non-hydrogen) atoms. The zero-order valence-corrected chi connectivity index (χ0v) is 14.2. The molecule has 2 rings (SSSR count). The monoisotopic (exact) mass is 289 g/mol. The van der Waals surface area contributed by atoms with Crippen LogP contribution in [0, 0.1) is 5.92 Å². The minimum absolute atomic E-state index is 0.356. The Morgan fingerprint density at radius 2 is 2.05 bits per heavy atom. The standard InChI is InChI=1S/C17H27NOSi/c1-13(12-20(3,4)5)14-10-11-18-17(14)15-8-6-7-9-16(15)19-2/h6-9,14,17-18H,1,10-12H2,2-5H3/t14-,17+/m0/s1. The molecule has 1 N–H and O–H groups in total. The summed E-state index contributed by atoms with van der Waals surface area (Å²) < 4.78 is 5.53. The van der Waals surface area contributed by atoms with Gasteiger partial charge in [0.05, 0.1) is 7.11 Å². The first-order chi connectivity index (χ1) is 9.42. The molecule has 1 aliphatic rings. The van der Waals surface area contributed by atoms with Crippen molar-refractivity contribution in [2.45, 2.75) is 38.1 Å². The summed E-state index contributed by atoms with van der Waals surface area (Å²) in [4.78, 5) is 0. The Balaban J connectivity index is 2.21. The molecular formula is C17H27NOSi. The van der Waals surface area contributed by atoms with E-state index >= 15 is 0 Å². The van der Waals surface area contributed by atoms with E-state index in [1.165, 1.54) is 23.6 Å². The molecule has 0 aliphatic carbocycles. The number of nitrogens with one attached hydrogen (secondary N) is 1. The van der Waals surface area contributed by atoms with Crippen molar-refractivity contribution in [3.63, 3.8) is 0 Å². The van der Waals surface area contributed by atoms with Crippen molar-refractivity contribution in [3.05, 3.63) is 42.0 Å². The molecule has 1 heterocycles. The number of rotatable bonds is 5. The SMILES string of the molecule is C=C(C[Si](C)(C)C)[C@@H]1CCN[C@H]1c1ccccc1OC. The summed E-state index contributed by atoms with van der Waals surface area (Å²) >= 11 is 0. The number of methoxy groups -OCH3 is 1. The molecule has 0 unspecified atom stereocenters. The van der Waals surface area contributed by atoms with Crippen LogP contribution in [0.4, 0.5) is 0 Å². The van der Waals surface area contributed by atoms with Crippen LogP contribution in [0.15, 0.2) is 36.4 Å². The number of hydrogen-bond donors (Lipinski definition) is 1. The quantitative estimate of drug-likeness (QED) is 0.646. The highest BCUT2D eigenvalue weighted by Gasteiger charge is 2.33. The minimum atomic E-state index is -1.10. The summed E-state index contributed by atoms with van der Waals surface area (Å²) in [5, 5.41) is 3.64. The van der Waals surface area contributed by atoms with Crippen LogP contribution in [0.25, 0.3) is 0 Å². The fourth-order valence-electron chi connectivity index (χ4n) is 3.21. The van der Waals surface area contributed by atoms with Gasteiger partial charge in [0.15, 0.2) is 0 Å². The predicted octanol–water partition coefficient (Wildman–Crippen LogP) is 4.24. The highest BCUT2D eigenvalue weighted by Crippen LogP contribution is 2.40. The lowest BCUT2D eigenvalue weighted by atomic mass is 9.88. The second kappa shape index (κ2) is 6.14. The zero-order chi connectivity index (χ0) is 14.8. The molecule has 0 spiro atoms. The van der Waals surface area contributed by atoms with E-state index < -0.39 is 8.07 Å². The van der Waals surface area contributed by atoms with Crippen LogP contribution in [0.5, 0.6) is 5.75 Å². The Hall–Kier alpha value is -1.06. The Bertz CT molecular complexity index is 478. The first-order valence-corrected chi connectivity index (χ1v) is 11.2. The molecule has 1 aromatic rings. The Labute approximate surface area is 124 Å². The third-order valence-corrected chi connectivity index (χ3v) is 5.49. The van der Waals surface area contributed by atoms with Gasteiger partial charge in [0.25, 0.3) is 0 Å². The molecule has 2 nitrogen and oxygen atoms in total. The predicted molar refractivity (Wildman–Crippen MR) is 89.1 cm³/mol. The van der Waals surface area contributed by atoms with E-state index in [9.17, 15) is 0 Å². The van der Waals surface area contributed by atoms with E-state index in [0.717, 1.165) is 12.3 Å². The summed E-state index contributed by atoms with van der Waals surface area (Å²) in [7, 11) is 0.651. The second-order valence-electron chi connectivity index (χ2n) is 6.96. The summed E-state index contributed by atoms with van der Waals surface area (Å²) in [5.41, 5.74) is 2.69. The molecule has 0 amide bonds. The molecule has 2 atom stereocenters. The minimum Gasteiger partial charge on any atom is -0.496 e. The van der Waals surface area contributed by atoms with E-state index in [0.29, 0.717) is 12.0 Å². The van der Waals surface area contributed by atoms with Gasteiger partial charge in [-0.3, -0.25) is 0 Å². The van der Waals surface area contributed by atoms with Crippen molar-refractivity contribution < 1.29 is 4.74 Å². The fourth-order valence-corrected chi connectivity index (χ4v) is 4.83. The van der Waals surface area contributed by atoms with Crippen LogP contribution < -0.4 is 10.1 Å². The van der Waals surface area contributed by atoms with Crippen molar-refractivity contribution in [2.75, 3.05) is 13.7 Å². The molecule has 0 radical (unpaired) electrons. The van der Waals surface area contributed by atoms with Gasteiger partial charge in [-0.05, 0) is 25.1 Å². The van der Waals surface area contributed by atoms with Gasteiger partial charge in [-0.25, -0.2) is 0 Å². The molecule has 1 fully saturated rings.